The Morgan fingerprint density at radius 3 is 0.782 bits per heavy atom. The average Bonchev–Trinajstić information content (AvgIpc) is 3.44. The van der Waals surface area contributed by atoms with Gasteiger partial charge in [0.25, 0.3) is 0 Å². The predicted octanol–water partition coefficient (Wildman–Crippen LogP) is 22.4. The van der Waals surface area contributed by atoms with Crippen LogP contribution in [0.15, 0.2) is 122 Å². The number of unbranched alkanes of at least 4 members (excludes halogenated alkanes) is 27. The van der Waals surface area contributed by atoms with Gasteiger partial charge < -0.3 is 14.2 Å². The molecule has 6 nitrogen and oxygen atoms in total. The molecule has 0 rings (SSSR count). The third-order valence-electron chi connectivity index (χ3n) is 13.7. The lowest BCUT2D eigenvalue weighted by molar-refractivity contribution is -0.167. The third-order valence-corrected chi connectivity index (χ3v) is 13.7. The molecule has 0 bridgehead atoms. The number of rotatable bonds is 58. The first-order valence-corrected chi connectivity index (χ1v) is 32.5. The van der Waals surface area contributed by atoms with Crippen molar-refractivity contribution in [1.82, 2.24) is 0 Å². The summed E-state index contributed by atoms with van der Waals surface area (Å²) in [6.07, 6.45) is 91.0. The van der Waals surface area contributed by atoms with Gasteiger partial charge in [-0.15, -0.1) is 0 Å². The molecule has 1 atom stereocenters. The molecular formula is C72H120O6. The highest BCUT2D eigenvalue weighted by Gasteiger charge is 2.19. The van der Waals surface area contributed by atoms with E-state index in [1.165, 1.54) is 128 Å². The molecule has 0 saturated carbocycles. The predicted molar refractivity (Wildman–Crippen MR) is 339 cm³/mol. The molecule has 0 N–H and O–H groups in total. The summed E-state index contributed by atoms with van der Waals surface area (Å²) in [5, 5.41) is 0. The largest absolute Gasteiger partial charge is 0.462 e. The van der Waals surface area contributed by atoms with Crippen molar-refractivity contribution in [3.05, 3.63) is 122 Å². The van der Waals surface area contributed by atoms with Gasteiger partial charge in [0, 0.05) is 19.3 Å². The van der Waals surface area contributed by atoms with Crippen LogP contribution >= 0.6 is 0 Å². The van der Waals surface area contributed by atoms with Crippen LogP contribution in [0.4, 0.5) is 0 Å². The second kappa shape index (κ2) is 65.3. The van der Waals surface area contributed by atoms with Crippen molar-refractivity contribution in [2.45, 2.75) is 303 Å². The van der Waals surface area contributed by atoms with Crippen molar-refractivity contribution in [2.75, 3.05) is 13.2 Å². The summed E-state index contributed by atoms with van der Waals surface area (Å²) in [5.41, 5.74) is 0. The highest BCUT2D eigenvalue weighted by Crippen LogP contribution is 2.15. The Hall–Kier alpha value is -4.19. The summed E-state index contributed by atoms with van der Waals surface area (Å²) in [7, 11) is 0. The van der Waals surface area contributed by atoms with Crippen LogP contribution in [0, 0.1) is 0 Å². The van der Waals surface area contributed by atoms with Crippen LogP contribution in [-0.2, 0) is 28.6 Å². The zero-order valence-electron chi connectivity index (χ0n) is 50.9. The molecular weight excluding hydrogens is 961 g/mol. The molecule has 0 aliphatic carbocycles. The van der Waals surface area contributed by atoms with E-state index in [2.05, 4.69) is 142 Å². The van der Waals surface area contributed by atoms with Gasteiger partial charge in [0.15, 0.2) is 6.10 Å². The highest BCUT2D eigenvalue weighted by atomic mass is 16.6. The lowest BCUT2D eigenvalue weighted by atomic mass is 10.0. The number of esters is 3. The maximum atomic E-state index is 12.8. The van der Waals surface area contributed by atoms with E-state index in [0.717, 1.165) is 128 Å². The zero-order valence-corrected chi connectivity index (χ0v) is 50.9. The van der Waals surface area contributed by atoms with E-state index in [4.69, 9.17) is 14.2 Å². The number of allylic oxidation sites excluding steroid dienone is 20. The third kappa shape index (κ3) is 62.7. The molecule has 0 aromatic rings. The number of carbonyl (C=O) groups excluding carboxylic acids is 3. The Morgan fingerprint density at radius 1 is 0.269 bits per heavy atom. The van der Waals surface area contributed by atoms with Crippen molar-refractivity contribution in [3.63, 3.8) is 0 Å². The Bertz CT molecular complexity index is 1620. The van der Waals surface area contributed by atoms with Gasteiger partial charge in [-0.05, 0) is 116 Å². The second-order valence-electron chi connectivity index (χ2n) is 21.3. The molecule has 444 valence electrons. The summed E-state index contributed by atoms with van der Waals surface area (Å²) in [6.45, 7) is 6.45. The van der Waals surface area contributed by atoms with Crippen LogP contribution in [0.3, 0.4) is 0 Å². The van der Waals surface area contributed by atoms with Gasteiger partial charge >= 0.3 is 17.9 Å². The summed E-state index contributed by atoms with van der Waals surface area (Å²) < 4.78 is 16.8. The second-order valence-corrected chi connectivity index (χ2v) is 21.3. The molecule has 0 radical (unpaired) electrons. The topological polar surface area (TPSA) is 78.9 Å². The summed E-state index contributed by atoms with van der Waals surface area (Å²) in [5.74, 6) is -0.906. The molecule has 0 aromatic carbocycles. The average molecular weight is 1080 g/mol. The fourth-order valence-corrected chi connectivity index (χ4v) is 8.84. The first-order chi connectivity index (χ1) is 38.5. The molecule has 0 aliphatic rings. The molecule has 1 unspecified atom stereocenters. The molecule has 0 saturated heterocycles. The quantitative estimate of drug-likeness (QED) is 0.0261. The van der Waals surface area contributed by atoms with Gasteiger partial charge in [0.1, 0.15) is 13.2 Å². The van der Waals surface area contributed by atoms with E-state index in [9.17, 15) is 14.4 Å². The fourth-order valence-electron chi connectivity index (χ4n) is 8.84. The Balaban J connectivity index is 4.10. The van der Waals surface area contributed by atoms with Gasteiger partial charge in [-0.3, -0.25) is 14.4 Å². The van der Waals surface area contributed by atoms with Crippen molar-refractivity contribution < 1.29 is 28.6 Å². The smallest absolute Gasteiger partial charge is 0.306 e. The minimum absolute atomic E-state index is 0.0846. The SMILES string of the molecule is CC/C=C\C/C=C\C/C=C\C/C=C\C/C=C\C/C=C\C/C=C\CCCCCCCCCCCCCC(=O)OCC(COC(=O)CCCCCCCC)OC(=O)CCCCCCCC/C=C\C/C=C\C/C=C\CCCCCCC. The molecule has 0 aromatic heterocycles. The Morgan fingerprint density at radius 2 is 0.500 bits per heavy atom. The van der Waals surface area contributed by atoms with Gasteiger partial charge in [-0.1, -0.05) is 284 Å². The minimum Gasteiger partial charge on any atom is -0.462 e. The molecule has 6 heteroatoms. The molecule has 0 heterocycles. The van der Waals surface area contributed by atoms with Crippen LogP contribution in [0.2, 0.25) is 0 Å². The van der Waals surface area contributed by atoms with Gasteiger partial charge in [0.2, 0.25) is 0 Å². The normalized spacial score (nSPS) is 12.9. The standard InChI is InChI=1S/C72H120O6/c1-4-7-10-13-16-18-20-22-24-26-28-30-31-32-33-34-35-36-37-38-39-40-41-43-44-46-48-50-52-54-56-59-62-65-71(74)77-68-69(67-76-70(73)64-61-58-15-12-9-6-3)78-72(75)66-63-60-57-55-53-51-49-47-45-42-29-27-25-23-21-19-17-14-11-8-5-2/h7,10,16,18,21-24,27-30,32-33,35-36,38-39,45,47,69H,4-6,8-9,11-15,17,19-20,25-26,31,34,37,40-44,46,48-68H2,1-3H3/b10-7-,18-16-,23-21-,24-22-,29-27-,30-28-,33-32-,36-35-,39-38-,47-45-. The first kappa shape index (κ1) is 73.8. The molecule has 0 fully saturated rings. The molecule has 78 heavy (non-hydrogen) atoms. The van der Waals surface area contributed by atoms with Crippen LogP contribution in [0.5, 0.6) is 0 Å². The number of hydrogen-bond donors (Lipinski definition) is 0. The number of ether oxygens (including phenoxy) is 3. The van der Waals surface area contributed by atoms with Gasteiger partial charge in [-0.25, -0.2) is 0 Å². The molecule has 0 amide bonds. The fraction of sp³-hybridized carbons (Fsp3) is 0.681. The number of carbonyl (C=O) groups is 3. The molecule has 0 aliphatic heterocycles. The number of hydrogen-bond acceptors (Lipinski definition) is 6. The van der Waals surface area contributed by atoms with E-state index >= 15 is 0 Å². The van der Waals surface area contributed by atoms with Gasteiger partial charge in [-0.2, -0.15) is 0 Å². The Labute approximate surface area is 482 Å². The van der Waals surface area contributed by atoms with E-state index in [1.54, 1.807) is 0 Å². The maximum Gasteiger partial charge on any atom is 0.306 e. The van der Waals surface area contributed by atoms with Crippen molar-refractivity contribution in [1.29, 1.82) is 0 Å². The van der Waals surface area contributed by atoms with Crippen molar-refractivity contribution in [3.8, 4) is 0 Å². The minimum atomic E-state index is -0.785. The highest BCUT2D eigenvalue weighted by molar-refractivity contribution is 5.71. The zero-order chi connectivity index (χ0) is 56.4. The van der Waals surface area contributed by atoms with Gasteiger partial charge in [0.05, 0.1) is 0 Å². The van der Waals surface area contributed by atoms with Crippen LogP contribution in [0.1, 0.15) is 297 Å². The monoisotopic (exact) mass is 1080 g/mol. The van der Waals surface area contributed by atoms with Crippen LogP contribution in [0.25, 0.3) is 0 Å². The van der Waals surface area contributed by atoms with E-state index in [0.29, 0.717) is 19.3 Å². The van der Waals surface area contributed by atoms with Crippen LogP contribution in [-0.4, -0.2) is 37.2 Å². The summed E-state index contributed by atoms with van der Waals surface area (Å²) in [4.78, 5) is 38.0. The van der Waals surface area contributed by atoms with E-state index in [1.807, 2.05) is 0 Å². The summed E-state index contributed by atoms with van der Waals surface area (Å²) in [6, 6.07) is 0. The Kier molecular flexibility index (Phi) is 61.8. The lowest BCUT2D eigenvalue weighted by Crippen LogP contribution is -2.30. The van der Waals surface area contributed by atoms with E-state index in [-0.39, 0.29) is 31.1 Å². The van der Waals surface area contributed by atoms with Crippen molar-refractivity contribution >= 4 is 17.9 Å². The van der Waals surface area contributed by atoms with E-state index < -0.39 is 6.10 Å². The maximum absolute atomic E-state index is 12.8. The lowest BCUT2D eigenvalue weighted by Gasteiger charge is -2.18. The first-order valence-electron chi connectivity index (χ1n) is 32.5. The van der Waals surface area contributed by atoms with Crippen LogP contribution < -0.4 is 0 Å². The molecule has 0 spiro atoms. The van der Waals surface area contributed by atoms with Crippen molar-refractivity contribution in [2.24, 2.45) is 0 Å². The summed E-state index contributed by atoms with van der Waals surface area (Å²) >= 11 is 0.